The smallest absolute Gasteiger partial charge is 0.286 e. The Morgan fingerprint density at radius 1 is 1.22 bits per heavy atom. The van der Waals surface area contributed by atoms with Gasteiger partial charge in [0.25, 0.3) is 21.3 Å². The number of benzene rings is 2. The van der Waals surface area contributed by atoms with Crippen LogP contribution < -0.4 is 10.9 Å². The van der Waals surface area contributed by atoms with Crippen molar-refractivity contribution in [1.82, 2.24) is 4.57 Å². The fourth-order valence-electron chi connectivity index (χ4n) is 3.59. The van der Waals surface area contributed by atoms with Crippen molar-refractivity contribution in [3.63, 3.8) is 0 Å². The number of nitro groups is 1. The van der Waals surface area contributed by atoms with Crippen LogP contribution in [0, 0.1) is 16.0 Å². The maximum atomic E-state index is 13.4. The van der Waals surface area contributed by atoms with Crippen molar-refractivity contribution in [3.05, 3.63) is 68.5 Å². The molecule has 1 aliphatic heterocycles. The third-order valence-electron chi connectivity index (χ3n) is 5.23. The largest absolute Gasteiger partial charge is 0.506 e. The Hall–Kier alpha value is -3.73. The summed E-state index contributed by atoms with van der Waals surface area (Å²) in [4.78, 5) is 24.0. The van der Waals surface area contributed by atoms with E-state index >= 15 is 0 Å². The predicted molar refractivity (Wildman–Crippen MR) is 120 cm³/mol. The predicted octanol–water partition coefficient (Wildman–Crippen LogP) is 3.22. The number of hydrogen-bond acceptors (Lipinski definition) is 7. The monoisotopic (exact) mass is 456 g/mol. The Bertz CT molecular complexity index is 1460. The first-order valence-corrected chi connectivity index (χ1v) is 11.3. The molecule has 32 heavy (non-hydrogen) atoms. The van der Waals surface area contributed by atoms with Crippen LogP contribution in [0.2, 0.25) is 0 Å². The Morgan fingerprint density at radius 3 is 2.62 bits per heavy atom. The van der Waals surface area contributed by atoms with Gasteiger partial charge in [-0.05, 0) is 30.5 Å². The van der Waals surface area contributed by atoms with Crippen molar-refractivity contribution in [2.45, 2.75) is 31.7 Å². The summed E-state index contributed by atoms with van der Waals surface area (Å²) in [6.45, 7) is 4.24. The summed E-state index contributed by atoms with van der Waals surface area (Å²) >= 11 is 0. The number of aromatic hydroxyl groups is 1. The maximum Gasteiger partial charge on any atom is 0.286 e. The number of amidine groups is 1. The van der Waals surface area contributed by atoms with Gasteiger partial charge in [-0.1, -0.05) is 26.0 Å². The first kappa shape index (κ1) is 21.5. The van der Waals surface area contributed by atoms with Crippen LogP contribution in [0.1, 0.15) is 25.8 Å². The molecule has 0 spiro atoms. The zero-order chi connectivity index (χ0) is 23.2. The van der Waals surface area contributed by atoms with Crippen LogP contribution in [0.4, 0.5) is 11.4 Å². The number of aromatic nitrogens is 1. The quantitative estimate of drug-likeness (QED) is 0.443. The lowest BCUT2D eigenvalue weighted by atomic mass is 10.1. The Morgan fingerprint density at radius 2 is 1.94 bits per heavy atom. The van der Waals surface area contributed by atoms with E-state index in [1.165, 1.54) is 28.8 Å². The standard InChI is InChI=1S/C21H20N4O6S/c1-12(2)9-10-24-16-8-7-13(25(28)29)11-14(16)19(26)18(21(24)27)20-22-15-5-3-4-6-17(15)32(30,31)23-20/h3-8,11-12,26H,9-10H2,1-2H3,(H,22,23). The van der Waals surface area contributed by atoms with E-state index < -0.39 is 26.3 Å². The minimum absolute atomic E-state index is 0.0540. The van der Waals surface area contributed by atoms with E-state index in [9.17, 15) is 28.4 Å². The first-order valence-electron chi connectivity index (χ1n) is 9.85. The second-order valence-corrected chi connectivity index (χ2v) is 9.43. The first-order chi connectivity index (χ1) is 15.1. The number of sulfonamides is 1. The molecule has 0 bridgehead atoms. The van der Waals surface area contributed by atoms with Gasteiger partial charge in [0.2, 0.25) is 0 Å². The van der Waals surface area contributed by atoms with Crippen LogP contribution in [0.25, 0.3) is 10.9 Å². The molecule has 2 N–H and O–H groups in total. The van der Waals surface area contributed by atoms with E-state index in [2.05, 4.69) is 9.71 Å². The van der Waals surface area contributed by atoms with Gasteiger partial charge in [-0.2, -0.15) is 8.42 Å². The number of nitrogens with zero attached hydrogens (tertiary/aromatic N) is 3. The van der Waals surface area contributed by atoms with E-state index in [1.807, 2.05) is 13.8 Å². The number of pyridine rings is 1. The molecule has 2 aromatic carbocycles. The van der Waals surface area contributed by atoms with Crippen LogP contribution in [0.15, 0.2) is 56.6 Å². The SMILES string of the molecule is CC(C)CCn1c(=O)c(C2=NS(=O)(=O)c3ccccc3N2)c(O)c2cc([N+](=O)[O-])ccc21. The average Bonchev–Trinajstić information content (AvgIpc) is 2.73. The molecule has 0 aliphatic carbocycles. The second-order valence-electron chi connectivity index (χ2n) is 7.86. The summed E-state index contributed by atoms with van der Waals surface area (Å²) in [5.41, 5.74) is -0.763. The molecule has 0 fully saturated rings. The molecule has 1 aromatic heterocycles. The highest BCUT2D eigenvalue weighted by Gasteiger charge is 2.30. The lowest BCUT2D eigenvalue weighted by Gasteiger charge is -2.20. The number of hydrogen-bond donors (Lipinski definition) is 2. The molecule has 0 saturated carbocycles. The molecule has 0 radical (unpaired) electrons. The molecule has 11 heteroatoms. The van der Waals surface area contributed by atoms with E-state index in [1.54, 1.807) is 12.1 Å². The Balaban J connectivity index is 2.02. The van der Waals surface area contributed by atoms with E-state index in [-0.39, 0.29) is 45.5 Å². The molecular formula is C21H20N4O6S. The van der Waals surface area contributed by atoms with Crippen LogP contribution in [0.5, 0.6) is 5.75 Å². The molecule has 4 rings (SSSR count). The molecule has 0 saturated heterocycles. The Labute approximate surface area is 183 Å². The number of non-ortho nitro benzene ring substituents is 1. The fourth-order valence-corrected chi connectivity index (χ4v) is 4.71. The molecule has 10 nitrogen and oxygen atoms in total. The van der Waals surface area contributed by atoms with Crippen molar-refractivity contribution in [1.29, 1.82) is 0 Å². The normalized spacial score (nSPS) is 14.7. The van der Waals surface area contributed by atoms with Gasteiger partial charge in [0.05, 0.1) is 16.1 Å². The zero-order valence-electron chi connectivity index (χ0n) is 17.3. The minimum atomic E-state index is -4.13. The van der Waals surface area contributed by atoms with Gasteiger partial charge in [-0.25, -0.2) is 0 Å². The average molecular weight is 456 g/mol. The van der Waals surface area contributed by atoms with Crippen LogP contribution in [0.3, 0.4) is 0 Å². The maximum absolute atomic E-state index is 13.4. The van der Waals surface area contributed by atoms with Gasteiger partial charge >= 0.3 is 0 Å². The van der Waals surface area contributed by atoms with Crippen LogP contribution >= 0.6 is 0 Å². The van der Waals surface area contributed by atoms with Gasteiger partial charge in [0.1, 0.15) is 16.2 Å². The Kier molecular flexibility index (Phi) is 5.21. The summed E-state index contributed by atoms with van der Waals surface area (Å²) in [6, 6.07) is 9.87. The highest BCUT2D eigenvalue weighted by atomic mass is 32.2. The number of nitro benzene ring substituents is 1. The summed E-state index contributed by atoms with van der Waals surface area (Å²) in [5.74, 6) is -0.655. The molecule has 166 valence electrons. The fraction of sp³-hybridized carbons (Fsp3) is 0.238. The molecular weight excluding hydrogens is 436 g/mol. The lowest BCUT2D eigenvalue weighted by Crippen LogP contribution is -2.33. The summed E-state index contributed by atoms with van der Waals surface area (Å²) in [6.07, 6.45) is 0.622. The number of aryl methyl sites for hydroxylation is 1. The van der Waals surface area contributed by atoms with E-state index in [0.29, 0.717) is 11.9 Å². The van der Waals surface area contributed by atoms with Crippen molar-refractivity contribution in [2.75, 3.05) is 5.32 Å². The molecule has 0 atom stereocenters. The van der Waals surface area contributed by atoms with Crippen LogP contribution in [-0.2, 0) is 16.6 Å². The van der Waals surface area contributed by atoms with Crippen molar-refractivity contribution < 1.29 is 18.4 Å². The summed E-state index contributed by atoms with van der Waals surface area (Å²) in [5, 5.41) is 25.1. The number of fused-ring (bicyclic) bond motifs is 2. The number of anilines is 1. The van der Waals surface area contributed by atoms with Gasteiger partial charge in [-0.3, -0.25) is 14.9 Å². The van der Waals surface area contributed by atoms with Gasteiger partial charge < -0.3 is 15.0 Å². The number of para-hydroxylation sites is 1. The van der Waals surface area contributed by atoms with Gasteiger partial charge in [0.15, 0.2) is 5.84 Å². The molecule has 1 aliphatic rings. The van der Waals surface area contributed by atoms with Crippen molar-refractivity contribution in [2.24, 2.45) is 10.3 Å². The highest BCUT2D eigenvalue weighted by molar-refractivity contribution is 7.90. The zero-order valence-corrected chi connectivity index (χ0v) is 18.1. The molecule has 3 aromatic rings. The minimum Gasteiger partial charge on any atom is -0.506 e. The molecule has 0 amide bonds. The topological polar surface area (TPSA) is 144 Å². The van der Waals surface area contributed by atoms with Crippen molar-refractivity contribution >= 4 is 38.1 Å². The number of nitrogens with one attached hydrogen (secondary N) is 1. The van der Waals surface area contributed by atoms with Gasteiger partial charge in [0, 0.05) is 24.1 Å². The summed E-state index contributed by atoms with van der Waals surface area (Å²) < 4.78 is 30.5. The third-order valence-corrected chi connectivity index (χ3v) is 6.56. The third kappa shape index (κ3) is 3.60. The van der Waals surface area contributed by atoms with E-state index in [0.717, 1.165) is 6.07 Å². The molecule has 2 heterocycles. The number of rotatable bonds is 5. The summed E-state index contributed by atoms with van der Waals surface area (Å²) in [7, 11) is -4.13. The van der Waals surface area contributed by atoms with Crippen molar-refractivity contribution in [3.8, 4) is 5.75 Å². The highest BCUT2D eigenvalue weighted by Crippen LogP contribution is 2.33. The lowest BCUT2D eigenvalue weighted by molar-refractivity contribution is -0.384. The second kappa shape index (κ2) is 7.75. The van der Waals surface area contributed by atoms with Gasteiger partial charge in [-0.15, -0.1) is 4.40 Å². The van der Waals surface area contributed by atoms with E-state index in [4.69, 9.17) is 0 Å². The van der Waals surface area contributed by atoms with Crippen LogP contribution in [-0.4, -0.2) is 28.9 Å². The molecule has 0 unspecified atom stereocenters.